The molecule has 2 amide bonds. The van der Waals surface area contributed by atoms with Gasteiger partial charge in [0, 0.05) is 13.1 Å². The number of ether oxygens (including phenoxy) is 1. The highest BCUT2D eigenvalue weighted by Gasteiger charge is 2.28. The van der Waals surface area contributed by atoms with Crippen LogP contribution in [0.5, 0.6) is 5.75 Å². The van der Waals surface area contributed by atoms with Crippen molar-refractivity contribution in [1.29, 1.82) is 0 Å². The number of amides is 2. The van der Waals surface area contributed by atoms with Crippen molar-refractivity contribution in [2.45, 2.75) is 39.3 Å². The maximum Gasteiger partial charge on any atom is 0.242 e. The number of rotatable bonds is 9. The molecule has 0 unspecified atom stereocenters. The normalized spacial score (nSPS) is 11.6. The second kappa shape index (κ2) is 10.4. The molecule has 2 aromatic rings. The molecule has 0 heterocycles. The molecule has 2 rings (SSSR count). The Kier molecular flexibility index (Phi) is 7.99. The SMILES string of the molecule is CCNC(=O)[C@@H](CC)N(Cc1cccc(OC)c1)C(=O)Cc1ccccc1F. The van der Waals surface area contributed by atoms with Crippen LogP contribution in [0.3, 0.4) is 0 Å². The van der Waals surface area contributed by atoms with Gasteiger partial charge in [0.25, 0.3) is 0 Å². The fourth-order valence-corrected chi connectivity index (χ4v) is 3.09. The van der Waals surface area contributed by atoms with E-state index in [1.54, 1.807) is 25.3 Å². The molecule has 0 spiro atoms. The number of carbonyl (C=O) groups excluding carboxylic acids is 2. The van der Waals surface area contributed by atoms with Gasteiger partial charge in [-0.1, -0.05) is 37.3 Å². The fraction of sp³-hybridized carbons (Fsp3) is 0.364. The molecule has 0 bridgehead atoms. The predicted octanol–water partition coefficient (Wildman–Crippen LogP) is 3.32. The van der Waals surface area contributed by atoms with Gasteiger partial charge in [0.1, 0.15) is 17.6 Å². The third-order valence-electron chi connectivity index (χ3n) is 4.52. The lowest BCUT2D eigenvalue weighted by Gasteiger charge is -2.30. The van der Waals surface area contributed by atoms with E-state index in [9.17, 15) is 14.0 Å². The summed E-state index contributed by atoms with van der Waals surface area (Å²) < 4.78 is 19.3. The molecule has 0 aromatic heterocycles. The number of nitrogens with zero attached hydrogens (tertiary/aromatic N) is 1. The third-order valence-corrected chi connectivity index (χ3v) is 4.52. The average Bonchev–Trinajstić information content (AvgIpc) is 2.70. The first-order valence-corrected chi connectivity index (χ1v) is 9.43. The third kappa shape index (κ3) is 5.55. The largest absolute Gasteiger partial charge is 0.497 e. The Balaban J connectivity index is 2.32. The van der Waals surface area contributed by atoms with Gasteiger partial charge in [-0.3, -0.25) is 9.59 Å². The second-order valence-corrected chi connectivity index (χ2v) is 6.46. The van der Waals surface area contributed by atoms with E-state index in [-0.39, 0.29) is 24.8 Å². The highest BCUT2D eigenvalue weighted by atomic mass is 19.1. The standard InChI is InChI=1S/C22H27FN2O3/c1-4-20(22(27)24-5-2)25(15-16-9-8-11-18(13-16)28-3)21(26)14-17-10-6-7-12-19(17)23/h6-13,20H,4-5,14-15H2,1-3H3,(H,24,27)/t20-/m1/s1. The molecule has 2 aromatic carbocycles. The molecule has 0 aliphatic heterocycles. The van der Waals surface area contributed by atoms with Crippen molar-refractivity contribution in [2.24, 2.45) is 0 Å². The number of benzene rings is 2. The summed E-state index contributed by atoms with van der Waals surface area (Å²) in [7, 11) is 1.57. The maximum absolute atomic E-state index is 14.0. The van der Waals surface area contributed by atoms with Crippen LogP contribution in [0.1, 0.15) is 31.4 Å². The van der Waals surface area contributed by atoms with Crippen LogP contribution in [0, 0.1) is 5.82 Å². The van der Waals surface area contributed by atoms with E-state index >= 15 is 0 Å². The molecule has 1 atom stereocenters. The first-order valence-electron chi connectivity index (χ1n) is 9.43. The van der Waals surface area contributed by atoms with Crippen molar-refractivity contribution >= 4 is 11.8 Å². The Bertz CT molecular complexity index is 810. The molecule has 150 valence electrons. The maximum atomic E-state index is 14.0. The number of hydrogen-bond donors (Lipinski definition) is 1. The minimum absolute atomic E-state index is 0.105. The summed E-state index contributed by atoms with van der Waals surface area (Å²) in [5.74, 6) is -0.269. The van der Waals surface area contributed by atoms with Crippen LogP contribution in [0.4, 0.5) is 4.39 Å². The number of carbonyl (C=O) groups is 2. The van der Waals surface area contributed by atoms with Crippen molar-refractivity contribution in [3.63, 3.8) is 0 Å². The van der Waals surface area contributed by atoms with E-state index in [4.69, 9.17) is 4.74 Å². The molecule has 6 heteroatoms. The van der Waals surface area contributed by atoms with Crippen LogP contribution in [0.15, 0.2) is 48.5 Å². The van der Waals surface area contributed by atoms with Crippen LogP contribution in [-0.4, -0.2) is 36.4 Å². The van der Waals surface area contributed by atoms with Crippen LogP contribution >= 0.6 is 0 Å². The lowest BCUT2D eigenvalue weighted by atomic mass is 10.1. The van der Waals surface area contributed by atoms with Gasteiger partial charge in [-0.25, -0.2) is 4.39 Å². The Hall–Kier alpha value is -2.89. The second-order valence-electron chi connectivity index (χ2n) is 6.46. The highest BCUT2D eigenvalue weighted by Crippen LogP contribution is 2.19. The summed E-state index contributed by atoms with van der Waals surface area (Å²) in [5, 5.41) is 2.78. The molecule has 0 aliphatic carbocycles. The number of likely N-dealkylation sites (N-methyl/N-ethyl adjacent to an activating group) is 1. The van der Waals surface area contributed by atoms with Gasteiger partial charge in [0.2, 0.25) is 11.8 Å². The summed E-state index contributed by atoms with van der Waals surface area (Å²) >= 11 is 0. The quantitative estimate of drug-likeness (QED) is 0.719. The summed E-state index contributed by atoms with van der Waals surface area (Å²) in [5.41, 5.74) is 1.15. The molecule has 0 radical (unpaired) electrons. The van der Waals surface area contributed by atoms with Gasteiger partial charge in [0.15, 0.2) is 0 Å². The van der Waals surface area contributed by atoms with Crippen molar-refractivity contribution in [1.82, 2.24) is 10.2 Å². The first-order chi connectivity index (χ1) is 13.5. The van der Waals surface area contributed by atoms with Gasteiger partial charge in [-0.2, -0.15) is 0 Å². The molecular formula is C22H27FN2O3. The minimum Gasteiger partial charge on any atom is -0.497 e. The number of hydrogen-bond acceptors (Lipinski definition) is 3. The topological polar surface area (TPSA) is 58.6 Å². The van der Waals surface area contributed by atoms with Crippen molar-refractivity contribution in [2.75, 3.05) is 13.7 Å². The fourth-order valence-electron chi connectivity index (χ4n) is 3.09. The van der Waals surface area contributed by atoms with Crippen LogP contribution < -0.4 is 10.1 Å². The molecular weight excluding hydrogens is 359 g/mol. The van der Waals surface area contributed by atoms with Gasteiger partial charge in [-0.05, 0) is 42.7 Å². The Morgan fingerprint density at radius 1 is 1.14 bits per heavy atom. The molecule has 5 nitrogen and oxygen atoms in total. The van der Waals surface area contributed by atoms with Crippen molar-refractivity contribution in [3.05, 3.63) is 65.5 Å². The van der Waals surface area contributed by atoms with E-state index in [2.05, 4.69) is 5.32 Å². The molecule has 0 fully saturated rings. The van der Waals surface area contributed by atoms with E-state index in [1.807, 2.05) is 38.1 Å². The zero-order valence-corrected chi connectivity index (χ0v) is 16.6. The van der Waals surface area contributed by atoms with Gasteiger partial charge >= 0.3 is 0 Å². The Labute approximate surface area is 165 Å². The number of nitrogens with one attached hydrogen (secondary N) is 1. The summed E-state index contributed by atoms with van der Waals surface area (Å²) in [6.07, 6.45) is 0.353. The summed E-state index contributed by atoms with van der Waals surface area (Å²) in [4.78, 5) is 27.1. The summed E-state index contributed by atoms with van der Waals surface area (Å²) in [6, 6.07) is 12.9. The van der Waals surface area contributed by atoms with E-state index in [1.165, 1.54) is 11.0 Å². The Morgan fingerprint density at radius 2 is 1.89 bits per heavy atom. The van der Waals surface area contributed by atoms with Crippen LogP contribution in [0.25, 0.3) is 0 Å². The zero-order chi connectivity index (χ0) is 20.5. The lowest BCUT2D eigenvalue weighted by Crippen LogP contribution is -2.49. The minimum atomic E-state index is -0.634. The molecule has 28 heavy (non-hydrogen) atoms. The van der Waals surface area contributed by atoms with E-state index in [0.717, 1.165) is 5.56 Å². The van der Waals surface area contributed by atoms with Gasteiger partial charge < -0.3 is 15.0 Å². The van der Waals surface area contributed by atoms with Crippen molar-refractivity contribution < 1.29 is 18.7 Å². The van der Waals surface area contributed by atoms with E-state index in [0.29, 0.717) is 24.3 Å². The molecule has 0 saturated carbocycles. The first kappa shape index (κ1) is 21.4. The molecule has 0 saturated heterocycles. The zero-order valence-electron chi connectivity index (χ0n) is 16.6. The number of halogens is 1. The van der Waals surface area contributed by atoms with Crippen molar-refractivity contribution in [3.8, 4) is 5.75 Å². The highest BCUT2D eigenvalue weighted by molar-refractivity contribution is 5.88. The van der Waals surface area contributed by atoms with Crippen LogP contribution in [0.2, 0.25) is 0 Å². The number of methoxy groups -OCH3 is 1. The smallest absolute Gasteiger partial charge is 0.242 e. The predicted molar refractivity (Wildman–Crippen MR) is 106 cm³/mol. The van der Waals surface area contributed by atoms with E-state index < -0.39 is 11.9 Å². The molecule has 0 aliphatic rings. The Morgan fingerprint density at radius 3 is 2.54 bits per heavy atom. The molecule has 1 N–H and O–H groups in total. The monoisotopic (exact) mass is 386 g/mol. The van der Waals surface area contributed by atoms with Gasteiger partial charge in [-0.15, -0.1) is 0 Å². The van der Waals surface area contributed by atoms with Crippen LogP contribution in [-0.2, 0) is 22.6 Å². The summed E-state index contributed by atoms with van der Waals surface area (Å²) in [6.45, 7) is 4.40. The van der Waals surface area contributed by atoms with Gasteiger partial charge in [0.05, 0.1) is 13.5 Å². The lowest BCUT2D eigenvalue weighted by molar-refractivity contribution is -0.140. The average molecular weight is 386 g/mol.